The van der Waals surface area contributed by atoms with Crippen LogP contribution < -0.4 is 0 Å². The maximum atomic E-state index is 12.7. The first-order valence-corrected chi connectivity index (χ1v) is 10.5. The number of benzene rings is 1. The number of hydrogen-bond donors (Lipinski definition) is 0. The summed E-state index contributed by atoms with van der Waals surface area (Å²) in [6.07, 6.45) is 4.25. The van der Waals surface area contributed by atoms with Gasteiger partial charge in [0.25, 0.3) is 5.91 Å². The first-order chi connectivity index (χ1) is 12.6. The van der Waals surface area contributed by atoms with Crippen molar-refractivity contribution >= 4 is 17.2 Å². The zero-order valence-electron chi connectivity index (χ0n) is 15.6. The lowest BCUT2D eigenvalue weighted by molar-refractivity contribution is 0.0633. The van der Waals surface area contributed by atoms with Gasteiger partial charge in [-0.3, -0.25) is 9.69 Å². The Hall–Kier alpha value is -1.72. The fourth-order valence-corrected chi connectivity index (χ4v) is 4.49. The predicted molar refractivity (Wildman–Crippen MR) is 106 cm³/mol. The van der Waals surface area contributed by atoms with E-state index in [0.717, 1.165) is 42.6 Å². The van der Waals surface area contributed by atoms with Gasteiger partial charge in [-0.1, -0.05) is 38.1 Å². The molecule has 1 aromatic heterocycles. The first kappa shape index (κ1) is 17.7. The van der Waals surface area contributed by atoms with Crippen molar-refractivity contribution in [2.75, 3.05) is 26.2 Å². The van der Waals surface area contributed by atoms with Gasteiger partial charge in [0.2, 0.25) is 0 Å². The van der Waals surface area contributed by atoms with Gasteiger partial charge in [-0.15, -0.1) is 11.3 Å². The summed E-state index contributed by atoms with van der Waals surface area (Å²) >= 11 is 1.60. The fourth-order valence-electron chi connectivity index (χ4n) is 3.44. The summed E-state index contributed by atoms with van der Waals surface area (Å²) in [6, 6.07) is 8.95. The highest BCUT2D eigenvalue weighted by Gasteiger charge is 2.29. The van der Waals surface area contributed by atoms with E-state index in [1.165, 1.54) is 24.0 Å². The minimum Gasteiger partial charge on any atom is -0.335 e. The van der Waals surface area contributed by atoms with Crippen LogP contribution in [-0.4, -0.2) is 46.9 Å². The van der Waals surface area contributed by atoms with Crippen molar-refractivity contribution in [3.05, 3.63) is 51.5 Å². The van der Waals surface area contributed by atoms with Crippen LogP contribution >= 0.6 is 11.3 Å². The molecule has 0 spiro atoms. The monoisotopic (exact) mass is 369 g/mol. The van der Waals surface area contributed by atoms with Gasteiger partial charge in [0.15, 0.2) is 0 Å². The third kappa shape index (κ3) is 3.99. The largest absolute Gasteiger partial charge is 0.335 e. The number of hydrogen-bond acceptors (Lipinski definition) is 4. The molecule has 1 saturated carbocycles. The molecule has 4 nitrogen and oxygen atoms in total. The Kier molecular flexibility index (Phi) is 5.09. The molecule has 1 aliphatic heterocycles. The topological polar surface area (TPSA) is 36.4 Å². The summed E-state index contributed by atoms with van der Waals surface area (Å²) in [7, 11) is 0. The Morgan fingerprint density at radius 2 is 1.85 bits per heavy atom. The summed E-state index contributed by atoms with van der Waals surface area (Å²) in [4.78, 5) is 22.4. The molecule has 2 heterocycles. The molecule has 0 N–H and O–H groups in total. The van der Waals surface area contributed by atoms with E-state index >= 15 is 0 Å². The van der Waals surface area contributed by atoms with Crippen LogP contribution in [-0.2, 0) is 6.54 Å². The van der Waals surface area contributed by atoms with E-state index in [9.17, 15) is 4.79 Å². The number of thiazole rings is 1. The van der Waals surface area contributed by atoms with Gasteiger partial charge in [-0.05, 0) is 29.9 Å². The van der Waals surface area contributed by atoms with Crippen molar-refractivity contribution in [3.63, 3.8) is 0 Å². The summed E-state index contributed by atoms with van der Waals surface area (Å²) in [5.41, 5.74) is 2.74. The van der Waals surface area contributed by atoms with Gasteiger partial charge in [0.1, 0.15) is 4.88 Å². The molecule has 2 fully saturated rings. The van der Waals surface area contributed by atoms with Crippen molar-refractivity contribution in [1.82, 2.24) is 14.8 Å². The van der Waals surface area contributed by atoms with Crippen molar-refractivity contribution < 1.29 is 4.79 Å². The van der Waals surface area contributed by atoms with Crippen LogP contribution in [0, 0.1) is 0 Å². The molecule has 2 aliphatic rings. The van der Waals surface area contributed by atoms with Gasteiger partial charge in [0.05, 0.1) is 11.2 Å². The lowest BCUT2D eigenvalue weighted by Crippen LogP contribution is -2.48. The molecule has 5 heteroatoms. The Bertz CT molecular complexity index is 756. The number of amides is 1. The molecule has 2 aromatic rings. The highest BCUT2D eigenvalue weighted by Crippen LogP contribution is 2.41. The van der Waals surface area contributed by atoms with E-state index in [-0.39, 0.29) is 5.91 Å². The molecule has 1 aromatic carbocycles. The van der Waals surface area contributed by atoms with Crippen LogP contribution in [0.2, 0.25) is 0 Å². The van der Waals surface area contributed by atoms with Gasteiger partial charge >= 0.3 is 0 Å². The van der Waals surface area contributed by atoms with Crippen LogP contribution in [0.5, 0.6) is 0 Å². The maximum absolute atomic E-state index is 12.7. The molecule has 0 radical (unpaired) electrons. The minimum atomic E-state index is 0.162. The molecule has 1 amide bonds. The minimum absolute atomic E-state index is 0.162. The van der Waals surface area contributed by atoms with Crippen molar-refractivity contribution in [2.45, 2.75) is 45.1 Å². The standard InChI is InChI=1S/C21H27N3OS/c1-15(2)17-5-3-16(4-6-17)14-23-9-11-24(12-10-23)21(25)19-13-22-20(26-19)18-7-8-18/h3-6,13,15,18H,7-12,14H2,1-2H3. The van der Waals surface area contributed by atoms with Gasteiger partial charge in [-0.2, -0.15) is 0 Å². The maximum Gasteiger partial charge on any atom is 0.265 e. The highest BCUT2D eigenvalue weighted by atomic mass is 32.1. The number of carbonyl (C=O) groups is 1. The Morgan fingerprint density at radius 3 is 2.46 bits per heavy atom. The smallest absolute Gasteiger partial charge is 0.265 e. The number of nitrogens with zero attached hydrogens (tertiary/aromatic N) is 3. The van der Waals surface area contributed by atoms with E-state index in [1.807, 2.05) is 4.90 Å². The summed E-state index contributed by atoms with van der Waals surface area (Å²) in [5, 5.41) is 1.15. The van der Waals surface area contributed by atoms with Crippen LogP contribution in [0.25, 0.3) is 0 Å². The lowest BCUT2D eigenvalue weighted by atomic mass is 10.0. The Balaban J connectivity index is 1.29. The molecule has 0 unspecified atom stereocenters. The molecule has 1 aliphatic carbocycles. The molecular formula is C21H27N3OS. The predicted octanol–water partition coefficient (Wildman–Crippen LogP) is 4.10. The average molecular weight is 370 g/mol. The van der Waals surface area contributed by atoms with E-state index in [2.05, 4.69) is 48.0 Å². The van der Waals surface area contributed by atoms with E-state index < -0.39 is 0 Å². The molecule has 0 atom stereocenters. The average Bonchev–Trinajstić information content (AvgIpc) is 3.39. The van der Waals surface area contributed by atoms with Gasteiger partial charge < -0.3 is 4.90 Å². The third-order valence-corrected chi connectivity index (χ3v) is 6.52. The molecule has 1 saturated heterocycles. The fraction of sp³-hybridized carbons (Fsp3) is 0.524. The third-order valence-electron chi connectivity index (χ3n) is 5.37. The second-order valence-electron chi connectivity index (χ2n) is 7.80. The van der Waals surface area contributed by atoms with Crippen LogP contribution in [0.1, 0.15) is 64.3 Å². The van der Waals surface area contributed by atoms with Crippen LogP contribution in [0.3, 0.4) is 0 Å². The zero-order chi connectivity index (χ0) is 18.1. The molecule has 138 valence electrons. The van der Waals surface area contributed by atoms with Gasteiger partial charge in [0, 0.05) is 38.6 Å². The SMILES string of the molecule is CC(C)c1ccc(CN2CCN(C(=O)c3cnc(C4CC4)s3)CC2)cc1. The summed E-state index contributed by atoms with van der Waals surface area (Å²) in [6.45, 7) is 8.90. The Morgan fingerprint density at radius 1 is 1.15 bits per heavy atom. The van der Waals surface area contributed by atoms with Crippen molar-refractivity contribution in [3.8, 4) is 0 Å². The second-order valence-corrected chi connectivity index (χ2v) is 8.86. The molecular weight excluding hydrogens is 342 g/mol. The highest BCUT2D eigenvalue weighted by molar-refractivity contribution is 7.13. The quantitative estimate of drug-likeness (QED) is 0.796. The van der Waals surface area contributed by atoms with E-state index in [1.54, 1.807) is 17.5 Å². The van der Waals surface area contributed by atoms with Gasteiger partial charge in [-0.25, -0.2) is 4.98 Å². The number of piperazine rings is 1. The lowest BCUT2D eigenvalue weighted by Gasteiger charge is -2.34. The zero-order valence-corrected chi connectivity index (χ0v) is 16.5. The van der Waals surface area contributed by atoms with Crippen molar-refractivity contribution in [1.29, 1.82) is 0 Å². The van der Waals surface area contributed by atoms with E-state index in [4.69, 9.17) is 0 Å². The molecule has 4 rings (SSSR count). The normalized spacial score (nSPS) is 18.5. The Labute approximate surface area is 159 Å². The summed E-state index contributed by atoms with van der Waals surface area (Å²) in [5.74, 6) is 1.36. The molecule has 26 heavy (non-hydrogen) atoms. The van der Waals surface area contributed by atoms with E-state index in [0.29, 0.717) is 11.8 Å². The summed E-state index contributed by atoms with van der Waals surface area (Å²) < 4.78 is 0. The van der Waals surface area contributed by atoms with Crippen LogP contribution in [0.15, 0.2) is 30.5 Å². The number of aromatic nitrogens is 1. The van der Waals surface area contributed by atoms with Crippen LogP contribution in [0.4, 0.5) is 0 Å². The second kappa shape index (κ2) is 7.49. The number of carbonyl (C=O) groups excluding carboxylic acids is 1. The first-order valence-electron chi connectivity index (χ1n) is 9.66. The molecule has 0 bridgehead atoms. The van der Waals surface area contributed by atoms with Crippen molar-refractivity contribution in [2.24, 2.45) is 0 Å². The number of rotatable bonds is 5.